The van der Waals surface area contributed by atoms with Crippen LogP contribution in [0.25, 0.3) is 0 Å². The zero-order valence-corrected chi connectivity index (χ0v) is 13.5. The average molecular weight is 346 g/mol. The lowest BCUT2D eigenvalue weighted by Crippen LogP contribution is -2.32. The minimum Gasteiger partial charge on any atom is -0.504 e. The van der Waals surface area contributed by atoms with Gasteiger partial charge in [0, 0.05) is 12.5 Å². The number of aryl methyl sites for hydroxylation is 2. The molecular formula is C18H18O7. The maximum atomic E-state index is 12.3. The highest BCUT2D eigenvalue weighted by Gasteiger charge is 2.56. The molecule has 0 bridgehead atoms. The number of aliphatic hydroxyl groups excluding tert-OH is 2. The van der Waals surface area contributed by atoms with Crippen molar-refractivity contribution in [3.63, 3.8) is 0 Å². The molecule has 7 heteroatoms. The van der Waals surface area contributed by atoms with Crippen LogP contribution in [0.3, 0.4) is 0 Å². The number of benzene rings is 1. The van der Waals surface area contributed by atoms with E-state index in [-0.39, 0.29) is 16.9 Å². The van der Waals surface area contributed by atoms with E-state index < -0.39 is 24.4 Å². The predicted molar refractivity (Wildman–Crippen MR) is 85.6 cm³/mol. The van der Waals surface area contributed by atoms with Gasteiger partial charge >= 0.3 is 0 Å². The molecule has 1 saturated heterocycles. The molecule has 25 heavy (non-hydrogen) atoms. The third-order valence-electron chi connectivity index (χ3n) is 4.71. The first-order valence-electron chi connectivity index (χ1n) is 8.04. The predicted octanol–water partition coefficient (Wildman–Crippen LogP) is 0.987. The van der Waals surface area contributed by atoms with E-state index in [1.165, 1.54) is 13.2 Å². The number of epoxide rings is 1. The zero-order valence-electron chi connectivity index (χ0n) is 13.5. The SMILES string of the molecule is COc1ccc(CCc2cc(=O)c3c(o2)[C@@H](O)[C@@H](O)[C@@H]2O[C@H]32)cc1O. The molecule has 2 aliphatic rings. The highest BCUT2D eigenvalue weighted by atomic mass is 16.6. The van der Waals surface area contributed by atoms with Gasteiger partial charge in [0.15, 0.2) is 16.9 Å². The summed E-state index contributed by atoms with van der Waals surface area (Å²) < 4.78 is 15.9. The molecule has 4 rings (SSSR count). The van der Waals surface area contributed by atoms with Crippen molar-refractivity contribution in [1.29, 1.82) is 0 Å². The van der Waals surface area contributed by atoms with Gasteiger partial charge < -0.3 is 29.2 Å². The number of phenolic OH excluding ortho intramolecular Hbond substituents is 1. The van der Waals surface area contributed by atoms with Crippen LogP contribution in [0.2, 0.25) is 0 Å². The quantitative estimate of drug-likeness (QED) is 0.708. The van der Waals surface area contributed by atoms with Crippen LogP contribution in [-0.4, -0.2) is 34.6 Å². The number of hydrogen-bond donors (Lipinski definition) is 3. The van der Waals surface area contributed by atoms with Gasteiger partial charge in [0.1, 0.15) is 35.9 Å². The Bertz CT molecular complexity index is 872. The van der Waals surface area contributed by atoms with Crippen molar-refractivity contribution >= 4 is 0 Å². The van der Waals surface area contributed by atoms with Crippen molar-refractivity contribution in [2.45, 2.75) is 37.3 Å². The van der Waals surface area contributed by atoms with Gasteiger partial charge in [-0.05, 0) is 24.1 Å². The number of methoxy groups -OCH3 is 1. The first kappa shape index (κ1) is 16.1. The van der Waals surface area contributed by atoms with E-state index in [9.17, 15) is 20.1 Å². The summed E-state index contributed by atoms with van der Waals surface area (Å²) in [5.74, 6) is 0.929. The number of phenols is 1. The summed E-state index contributed by atoms with van der Waals surface area (Å²) >= 11 is 0. The number of hydrogen-bond acceptors (Lipinski definition) is 7. The van der Waals surface area contributed by atoms with Crippen molar-refractivity contribution < 1.29 is 29.2 Å². The van der Waals surface area contributed by atoms with E-state index in [0.29, 0.717) is 29.9 Å². The second kappa shape index (κ2) is 5.87. The minimum atomic E-state index is -1.27. The second-order valence-electron chi connectivity index (χ2n) is 6.32. The lowest BCUT2D eigenvalue weighted by molar-refractivity contribution is -0.0137. The van der Waals surface area contributed by atoms with Crippen LogP contribution >= 0.6 is 0 Å². The maximum absolute atomic E-state index is 12.3. The summed E-state index contributed by atoms with van der Waals surface area (Å²) in [5.41, 5.74) is 0.894. The summed E-state index contributed by atoms with van der Waals surface area (Å²) in [6, 6.07) is 6.47. The van der Waals surface area contributed by atoms with Crippen molar-refractivity contribution in [2.75, 3.05) is 7.11 Å². The second-order valence-corrected chi connectivity index (χ2v) is 6.32. The maximum Gasteiger partial charge on any atom is 0.191 e. The summed E-state index contributed by atoms with van der Waals surface area (Å²) in [7, 11) is 1.48. The van der Waals surface area contributed by atoms with Gasteiger partial charge in [0.05, 0.1) is 12.7 Å². The van der Waals surface area contributed by atoms with E-state index in [1.54, 1.807) is 12.1 Å². The van der Waals surface area contributed by atoms with Gasteiger partial charge in [-0.3, -0.25) is 4.79 Å². The van der Waals surface area contributed by atoms with Crippen LogP contribution < -0.4 is 10.2 Å². The molecule has 2 heterocycles. The van der Waals surface area contributed by atoms with E-state index in [4.69, 9.17) is 13.9 Å². The first-order valence-corrected chi connectivity index (χ1v) is 8.04. The molecule has 0 unspecified atom stereocenters. The Kier molecular flexibility index (Phi) is 3.79. The van der Waals surface area contributed by atoms with Crippen LogP contribution in [0.5, 0.6) is 11.5 Å². The molecule has 0 radical (unpaired) electrons. The molecule has 3 N–H and O–H groups in total. The normalized spacial score (nSPS) is 26.7. The van der Waals surface area contributed by atoms with E-state index in [0.717, 1.165) is 5.56 Å². The van der Waals surface area contributed by atoms with Crippen molar-refractivity contribution in [3.05, 3.63) is 57.1 Å². The van der Waals surface area contributed by atoms with E-state index in [1.807, 2.05) is 6.07 Å². The lowest BCUT2D eigenvalue weighted by Gasteiger charge is -2.21. The Labute approximate surface area is 143 Å². The Morgan fingerprint density at radius 1 is 1.20 bits per heavy atom. The van der Waals surface area contributed by atoms with Gasteiger partial charge in [-0.25, -0.2) is 0 Å². The summed E-state index contributed by atoms with van der Waals surface area (Å²) in [6.45, 7) is 0. The molecule has 4 atom stereocenters. The van der Waals surface area contributed by atoms with E-state index in [2.05, 4.69) is 0 Å². The van der Waals surface area contributed by atoms with Crippen molar-refractivity contribution in [1.82, 2.24) is 0 Å². The Morgan fingerprint density at radius 3 is 2.72 bits per heavy atom. The molecular weight excluding hydrogens is 328 g/mol. The van der Waals surface area contributed by atoms with Gasteiger partial charge in [0.2, 0.25) is 0 Å². The monoisotopic (exact) mass is 346 g/mol. The van der Waals surface area contributed by atoms with E-state index >= 15 is 0 Å². The van der Waals surface area contributed by atoms with Crippen LogP contribution in [0.4, 0.5) is 0 Å². The minimum absolute atomic E-state index is 0.0439. The number of aromatic hydroxyl groups is 1. The standard InChI is InChI=1S/C18H18O7/c1-23-12-5-3-8(6-10(12)19)2-4-9-7-11(20)13-16(24-9)14(21)15(22)18-17(13)25-18/h3,5-7,14-15,17-19,21-22H,2,4H2,1H3/t14-,15+,17+,18-/m0/s1. The third kappa shape index (κ3) is 2.70. The fourth-order valence-electron chi connectivity index (χ4n) is 3.30. The highest BCUT2D eigenvalue weighted by molar-refractivity contribution is 5.42. The zero-order chi connectivity index (χ0) is 17.7. The molecule has 1 fully saturated rings. The molecule has 0 spiro atoms. The number of ether oxygens (including phenoxy) is 2. The topological polar surface area (TPSA) is 113 Å². The molecule has 0 amide bonds. The van der Waals surface area contributed by atoms with Crippen LogP contribution in [0, 0.1) is 0 Å². The first-order chi connectivity index (χ1) is 12.0. The number of aliphatic hydroxyl groups is 2. The summed E-state index contributed by atoms with van der Waals surface area (Å²) in [4.78, 5) is 12.3. The molecule has 1 aromatic carbocycles. The fraction of sp³-hybridized carbons (Fsp3) is 0.389. The van der Waals surface area contributed by atoms with Gasteiger partial charge in [0.25, 0.3) is 0 Å². The Hall–Kier alpha value is -2.35. The van der Waals surface area contributed by atoms with Gasteiger partial charge in [-0.1, -0.05) is 6.07 Å². The van der Waals surface area contributed by atoms with Crippen LogP contribution in [0.1, 0.15) is 34.9 Å². The average Bonchev–Trinajstić information content (AvgIpc) is 3.38. The summed E-state index contributed by atoms with van der Waals surface area (Å²) in [6.07, 6.45) is -2.44. The molecule has 7 nitrogen and oxygen atoms in total. The highest BCUT2D eigenvalue weighted by Crippen LogP contribution is 2.49. The fourth-order valence-corrected chi connectivity index (χ4v) is 3.30. The molecule has 0 saturated carbocycles. The summed E-state index contributed by atoms with van der Waals surface area (Å²) in [5, 5.41) is 29.9. The number of rotatable bonds is 4. The number of fused-ring (bicyclic) bond motifs is 3. The Morgan fingerprint density at radius 2 is 2.00 bits per heavy atom. The molecule has 1 aromatic heterocycles. The van der Waals surface area contributed by atoms with Crippen molar-refractivity contribution in [2.24, 2.45) is 0 Å². The smallest absolute Gasteiger partial charge is 0.191 e. The third-order valence-corrected chi connectivity index (χ3v) is 4.71. The molecule has 2 aromatic rings. The molecule has 1 aliphatic carbocycles. The molecule has 132 valence electrons. The Balaban J connectivity index is 1.57. The largest absolute Gasteiger partial charge is 0.504 e. The lowest BCUT2D eigenvalue weighted by atomic mass is 9.92. The van der Waals surface area contributed by atoms with Crippen molar-refractivity contribution in [3.8, 4) is 11.5 Å². The molecule has 1 aliphatic heterocycles. The van der Waals surface area contributed by atoms with Crippen LogP contribution in [-0.2, 0) is 17.6 Å². The van der Waals surface area contributed by atoms with Gasteiger partial charge in [-0.15, -0.1) is 0 Å². The van der Waals surface area contributed by atoms with Crippen LogP contribution in [0.15, 0.2) is 33.5 Å². The van der Waals surface area contributed by atoms with Gasteiger partial charge in [-0.2, -0.15) is 0 Å².